The largest absolute Gasteiger partial charge is 0.298 e. The first-order valence-electron chi connectivity index (χ1n) is 5.03. The van der Waals surface area contributed by atoms with Crippen LogP contribution in [0.2, 0.25) is 0 Å². The number of carbonyl (C=O) groups excluding carboxylic acids is 1. The van der Waals surface area contributed by atoms with E-state index in [9.17, 15) is 4.79 Å². The highest BCUT2D eigenvalue weighted by molar-refractivity contribution is 9.10. The van der Waals surface area contributed by atoms with E-state index in [1.54, 1.807) is 0 Å². The van der Waals surface area contributed by atoms with E-state index in [1.165, 1.54) is 0 Å². The molecule has 0 amide bonds. The highest BCUT2D eigenvalue weighted by Crippen LogP contribution is 2.30. The Morgan fingerprint density at radius 1 is 1.00 bits per heavy atom. The molecular weight excluding hydrogens is 264 g/mol. The molecule has 0 fully saturated rings. The molecule has 1 nitrogen and oxygen atoms in total. The van der Waals surface area contributed by atoms with Gasteiger partial charge in [0.25, 0.3) is 0 Å². The molecular formula is C14H11BrO. The Balaban J connectivity index is 2.67. The van der Waals surface area contributed by atoms with E-state index in [2.05, 4.69) is 15.9 Å². The molecule has 0 aliphatic carbocycles. The van der Waals surface area contributed by atoms with Gasteiger partial charge in [-0.05, 0) is 29.7 Å². The molecule has 2 rings (SSSR count). The maximum absolute atomic E-state index is 11.0. The minimum atomic E-state index is 0.726. The van der Waals surface area contributed by atoms with Crippen molar-refractivity contribution in [2.45, 2.75) is 6.92 Å². The molecule has 0 saturated heterocycles. The second kappa shape index (κ2) is 4.62. The Labute approximate surface area is 103 Å². The average molecular weight is 275 g/mol. The zero-order chi connectivity index (χ0) is 11.5. The molecule has 0 aliphatic heterocycles. The Morgan fingerprint density at radius 3 is 2.44 bits per heavy atom. The number of rotatable bonds is 2. The summed E-state index contributed by atoms with van der Waals surface area (Å²) in [5, 5.41) is 0. The number of hydrogen-bond acceptors (Lipinski definition) is 1. The van der Waals surface area contributed by atoms with Crippen LogP contribution in [0.15, 0.2) is 46.9 Å². The summed E-state index contributed by atoms with van der Waals surface area (Å²) in [6.07, 6.45) is 0.898. The molecule has 2 heteroatoms. The van der Waals surface area contributed by atoms with Crippen molar-refractivity contribution in [3.8, 4) is 11.1 Å². The van der Waals surface area contributed by atoms with Crippen LogP contribution in [0.4, 0.5) is 0 Å². The van der Waals surface area contributed by atoms with Gasteiger partial charge in [-0.15, -0.1) is 0 Å². The number of hydrogen-bond donors (Lipinski definition) is 0. The van der Waals surface area contributed by atoms with E-state index >= 15 is 0 Å². The summed E-state index contributed by atoms with van der Waals surface area (Å²) in [6.45, 7) is 2.04. The van der Waals surface area contributed by atoms with Gasteiger partial charge < -0.3 is 0 Å². The summed E-state index contributed by atoms with van der Waals surface area (Å²) in [5.41, 5.74) is 3.95. The molecule has 0 N–H and O–H groups in total. The van der Waals surface area contributed by atoms with Gasteiger partial charge in [0.1, 0.15) is 0 Å². The Hall–Kier alpha value is -1.41. The smallest absolute Gasteiger partial charge is 0.150 e. The zero-order valence-electron chi connectivity index (χ0n) is 8.91. The lowest BCUT2D eigenvalue weighted by Crippen LogP contribution is -1.90. The van der Waals surface area contributed by atoms with Crippen LogP contribution in [0.25, 0.3) is 11.1 Å². The van der Waals surface area contributed by atoms with Gasteiger partial charge in [0, 0.05) is 10.0 Å². The lowest BCUT2D eigenvalue weighted by Gasteiger charge is -2.09. The molecule has 0 aromatic heterocycles. The summed E-state index contributed by atoms with van der Waals surface area (Å²) < 4.78 is 1.06. The van der Waals surface area contributed by atoms with Crippen LogP contribution in [0.5, 0.6) is 0 Å². The van der Waals surface area contributed by atoms with Crippen LogP contribution >= 0.6 is 15.9 Å². The lowest BCUT2D eigenvalue weighted by molar-refractivity contribution is 0.112. The molecule has 0 heterocycles. The Morgan fingerprint density at radius 2 is 1.69 bits per heavy atom. The third-order valence-electron chi connectivity index (χ3n) is 2.65. The fourth-order valence-electron chi connectivity index (χ4n) is 1.74. The average Bonchev–Trinajstić information content (AvgIpc) is 2.33. The molecule has 0 atom stereocenters. The minimum absolute atomic E-state index is 0.726. The SMILES string of the molecule is Cc1c(Br)cccc1-c1ccccc1C=O. The maximum Gasteiger partial charge on any atom is 0.150 e. The lowest BCUT2D eigenvalue weighted by atomic mass is 9.97. The molecule has 0 spiro atoms. The molecule has 0 saturated carbocycles. The van der Waals surface area contributed by atoms with E-state index < -0.39 is 0 Å². The van der Waals surface area contributed by atoms with Gasteiger partial charge in [0.2, 0.25) is 0 Å². The van der Waals surface area contributed by atoms with Crippen molar-refractivity contribution in [2.75, 3.05) is 0 Å². The van der Waals surface area contributed by atoms with Crippen molar-refractivity contribution in [1.29, 1.82) is 0 Å². The number of carbonyl (C=O) groups is 1. The van der Waals surface area contributed by atoms with E-state index in [1.807, 2.05) is 49.4 Å². The topological polar surface area (TPSA) is 17.1 Å². The number of aldehydes is 1. The quantitative estimate of drug-likeness (QED) is 0.749. The van der Waals surface area contributed by atoms with Gasteiger partial charge >= 0.3 is 0 Å². The normalized spacial score (nSPS) is 10.1. The number of benzene rings is 2. The highest BCUT2D eigenvalue weighted by Gasteiger charge is 2.07. The van der Waals surface area contributed by atoms with Crippen molar-refractivity contribution >= 4 is 22.2 Å². The van der Waals surface area contributed by atoms with Crippen LogP contribution in [0.1, 0.15) is 15.9 Å². The van der Waals surface area contributed by atoms with E-state index in [0.717, 1.165) is 33.0 Å². The third kappa shape index (κ3) is 1.93. The van der Waals surface area contributed by atoms with Gasteiger partial charge in [-0.3, -0.25) is 4.79 Å². The van der Waals surface area contributed by atoms with Gasteiger partial charge in [-0.25, -0.2) is 0 Å². The Bertz CT molecular complexity index is 532. The predicted molar refractivity (Wildman–Crippen MR) is 69.7 cm³/mol. The van der Waals surface area contributed by atoms with Gasteiger partial charge in [-0.1, -0.05) is 52.3 Å². The summed E-state index contributed by atoms with van der Waals surface area (Å²) in [4.78, 5) is 11.0. The van der Waals surface area contributed by atoms with Crippen LogP contribution in [0.3, 0.4) is 0 Å². The highest BCUT2D eigenvalue weighted by atomic mass is 79.9. The van der Waals surface area contributed by atoms with Gasteiger partial charge in [0.05, 0.1) is 0 Å². The summed E-state index contributed by atoms with van der Waals surface area (Å²) in [5.74, 6) is 0. The first-order chi connectivity index (χ1) is 7.74. The second-order valence-electron chi connectivity index (χ2n) is 3.62. The zero-order valence-corrected chi connectivity index (χ0v) is 10.5. The van der Waals surface area contributed by atoms with Crippen LogP contribution in [-0.4, -0.2) is 6.29 Å². The monoisotopic (exact) mass is 274 g/mol. The summed E-state index contributed by atoms with van der Waals surface area (Å²) >= 11 is 3.50. The predicted octanol–water partition coefficient (Wildman–Crippen LogP) is 4.24. The molecule has 0 bridgehead atoms. The van der Waals surface area contributed by atoms with E-state index in [0.29, 0.717) is 0 Å². The number of halogens is 1. The maximum atomic E-state index is 11.0. The van der Waals surface area contributed by atoms with Crippen LogP contribution in [-0.2, 0) is 0 Å². The summed E-state index contributed by atoms with van der Waals surface area (Å²) in [7, 11) is 0. The molecule has 0 radical (unpaired) electrons. The standard InChI is InChI=1S/C14H11BrO/c1-10-12(7-4-8-14(10)15)13-6-3-2-5-11(13)9-16/h2-9H,1H3. The fraction of sp³-hybridized carbons (Fsp3) is 0.0714. The van der Waals surface area contributed by atoms with E-state index in [4.69, 9.17) is 0 Å². The molecule has 2 aromatic carbocycles. The molecule has 0 aliphatic rings. The molecule has 16 heavy (non-hydrogen) atoms. The first-order valence-corrected chi connectivity index (χ1v) is 5.83. The van der Waals surface area contributed by atoms with E-state index in [-0.39, 0.29) is 0 Å². The van der Waals surface area contributed by atoms with Gasteiger partial charge in [-0.2, -0.15) is 0 Å². The second-order valence-corrected chi connectivity index (χ2v) is 4.47. The third-order valence-corrected chi connectivity index (χ3v) is 3.50. The van der Waals surface area contributed by atoms with Crippen molar-refractivity contribution in [1.82, 2.24) is 0 Å². The Kier molecular flexibility index (Phi) is 3.20. The fourth-order valence-corrected chi connectivity index (χ4v) is 2.11. The first kappa shape index (κ1) is 11.1. The minimum Gasteiger partial charge on any atom is -0.298 e. The van der Waals surface area contributed by atoms with Crippen molar-refractivity contribution in [3.63, 3.8) is 0 Å². The van der Waals surface area contributed by atoms with Crippen molar-refractivity contribution in [2.24, 2.45) is 0 Å². The van der Waals surface area contributed by atoms with Gasteiger partial charge in [0.15, 0.2) is 6.29 Å². The summed E-state index contributed by atoms with van der Waals surface area (Å²) in [6, 6.07) is 13.6. The van der Waals surface area contributed by atoms with Crippen molar-refractivity contribution < 1.29 is 4.79 Å². The van der Waals surface area contributed by atoms with Crippen LogP contribution < -0.4 is 0 Å². The van der Waals surface area contributed by atoms with Crippen LogP contribution in [0, 0.1) is 6.92 Å². The molecule has 80 valence electrons. The molecule has 2 aromatic rings. The molecule has 0 unspecified atom stereocenters. The van der Waals surface area contributed by atoms with Crippen molar-refractivity contribution in [3.05, 3.63) is 58.1 Å².